The lowest BCUT2D eigenvalue weighted by molar-refractivity contribution is -0.118. The average molecular weight is 545 g/mol. The van der Waals surface area contributed by atoms with Crippen molar-refractivity contribution in [2.75, 3.05) is 17.2 Å². The Morgan fingerprint density at radius 1 is 1.00 bits per heavy atom. The van der Waals surface area contributed by atoms with Crippen molar-refractivity contribution >= 4 is 68.4 Å². The van der Waals surface area contributed by atoms with Gasteiger partial charge in [-0.15, -0.1) is 0 Å². The maximum Gasteiger partial charge on any atom is 0.266 e. The van der Waals surface area contributed by atoms with E-state index in [-0.39, 0.29) is 18.1 Å². The first-order chi connectivity index (χ1) is 15.8. The Morgan fingerprint density at radius 3 is 2.36 bits per heavy atom. The van der Waals surface area contributed by atoms with Gasteiger partial charge in [-0.1, -0.05) is 51.3 Å². The van der Waals surface area contributed by atoms with Gasteiger partial charge in [0.2, 0.25) is 0 Å². The van der Waals surface area contributed by atoms with Crippen LogP contribution in [0.2, 0.25) is 10.0 Å². The highest BCUT2D eigenvalue weighted by Crippen LogP contribution is 2.26. The van der Waals surface area contributed by atoms with Gasteiger partial charge in [0.25, 0.3) is 11.8 Å². The summed E-state index contributed by atoms with van der Waals surface area (Å²) in [4.78, 5) is 24.5. The second kappa shape index (κ2) is 11.5. The number of carbonyl (C=O) groups excluding carboxylic acids is 2. The second-order valence-corrected chi connectivity index (χ2v) is 8.42. The molecule has 2 amide bonds. The number of benzene rings is 3. The van der Waals surface area contributed by atoms with Gasteiger partial charge in [0.05, 0.1) is 10.7 Å². The maximum absolute atomic E-state index is 12.4. The van der Waals surface area contributed by atoms with E-state index in [0.29, 0.717) is 32.7 Å². The number of anilines is 2. The molecule has 0 atom stereocenters. The van der Waals surface area contributed by atoms with Crippen LogP contribution < -0.4 is 15.4 Å². The number of nitrogens with zero attached hydrogens (tertiary/aromatic N) is 1. The fraction of sp³-hybridized carbons (Fsp3) is 0.0417. The van der Waals surface area contributed by atoms with Gasteiger partial charge in [0.1, 0.15) is 17.4 Å². The number of carbonyl (C=O) groups is 2. The summed E-state index contributed by atoms with van der Waals surface area (Å²) in [6, 6.07) is 20.3. The number of nitrogens with one attached hydrogen (secondary N) is 2. The standard InChI is InChI=1S/C24H16BrCl2N3O3/c25-17-3-6-19(7-4-17)29-23(31)14-33-20-8-1-15(2-9-20)11-16(13-28)24(32)30-22-12-18(26)5-10-21(22)27/h1-12H,14H2,(H,29,31)(H,30,32)/b16-11-. The zero-order valence-corrected chi connectivity index (χ0v) is 20.0. The predicted molar refractivity (Wildman–Crippen MR) is 133 cm³/mol. The van der Waals surface area contributed by atoms with E-state index >= 15 is 0 Å². The van der Waals surface area contributed by atoms with Crippen LogP contribution in [0.4, 0.5) is 11.4 Å². The highest BCUT2D eigenvalue weighted by molar-refractivity contribution is 9.10. The van der Waals surface area contributed by atoms with Gasteiger partial charge in [-0.2, -0.15) is 5.26 Å². The molecule has 0 radical (unpaired) electrons. The molecule has 0 spiro atoms. The van der Waals surface area contributed by atoms with Crippen molar-refractivity contribution in [1.82, 2.24) is 0 Å². The summed E-state index contributed by atoms with van der Waals surface area (Å²) in [5.74, 6) is -0.456. The van der Waals surface area contributed by atoms with Crippen LogP contribution in [-0.2, 0) is 9.59 Å². The smallest absolute Gasteiger partial charge is 0.266 e. The zero-order chi connectivity index (χ0) is 23.8. The molecule has 3 aromatic rings. The van der Waals surface area contributed by atoms with E-state index in [1.807, 2.05) is 18.2 Å². The molecular weight excluding hydrogens is 529 g/mol. The largest absolute Gasteiger partial charge is 0.484 e. The molecule has 0 saturated carbocycles. The fourth-order valence-electron chi connectivity index (χ4n) is 2.64. The average Bonchev–Trinajstić information content (AvgIpc) is 2.80. The van der Waals surface area contributed by atoms with E-state index in [1.54, 1.807) is 48.5 Å². The molecule has 0 saturated heterocycles. The van der Waals surface area contributed by atoms with E-state index in [2.05, 4.69) is 26.6 Å². The van der Waals surface area contributed by atoms with Crippen LogP contribution in [0.5, 0.6) is 5.75 Å². The molecule has 0 aliphatic heterocycles. The third-order valence-corrected chi connectivity index (χ3v) is 5.32. The van der Waals surface area contributed by atoms with E-state index in [1.165, 1.54) is 12.1 Å². The topological polar surface area (TPSA) is 91.2 Å². The number of amides is 2. The van der Waals surface area contributed by atoms with E-state index < -0.39 is 5.91 Å². The molecule has 166 valence electrons. The maximum atomic E-state index is 12.4. The van der Waals surface area contributed by atoms with Crippen molar-refractivity contribution < 1.29 is 14.3 Å². The number of nitriles is 1. The van der Waals surface area contributed by atoms with Gasteiger partial charge in [-0.05, 0) is 66.2 Å². The Hall–Kier alpha value is -3.31. The summed E-state index contributed by atoms with van der Waals surface area (Å²) in [6.45, 7) is -0.169. The van der Waals surface area contributed by atoms with Crippen LogP contribution in [0.3, 0.4) is 0 Å². The highest BCUT2D eigenvalue weighted by Gasteiger charge is 2.12. The molecular formula is C24H16BrCl2N3O3. The molecule has 9 heteroatoms. The minimum absolute atomic E-state index is 0.117. The van der Waals surface area contributed by atoms with Crippen LogP contribution in [0.15, 0.2) is 76.8 Å². The first-order valence-corrected chi connectivity index (χ1v) is 11.1. The minimum Gasteiger partial charge on any atom is -0.484 e. The van der Waals surface area contributed by atoms with E-state index in [9.17, 15) is 14.9 Å². The van der Waals surface area contributed by atoms with E-state index in [4.69, 9.17) is 27.9 Å². The molecule has 3 aromatic carbocycles. The monoisotopic (exact) mass is 543 g/mol. The Labute approximate surface area is 208 Å². The molecule has 3 rings (SSSR count). The molecule has 0 aliphatic rings. The molecule has 0 heterocycles. The van der Waals surface area contributed by atoms with Crippen LogP contribution >= 0.6 is 39.1 Å². The van der Waals surface area contributed by atoms with Crippen molar-refractivity contribution in [2.24, 2.45) is 0 Å². The van der Waals surface area contributed by atoms with Crippen LogP contribution in [-0.4, -0.2) is 18.4 Å². The second-order valence-electron chi connectivity index (χ2n) is 6.66. The van der Waals surface area contributed by atoms with E-state index in [0.717, 1.165) is 4.47 Å². The molecule has 33 heavy (non-hydrogen) atoms. The molecule has 0 aliphatic carbocycles. The number of halogens is 3. The van der Waals surface area contributed by atoms with Gasteiger partial charge in [0.15, 0.2) is 6.61 Å². The Kier molecular flexibility index (Phi) is 8.50. The minimum atomic E-state index is -0.619. The van der Waals surface area contributed by atoms with Crippen molar-refractivity contribution in [2.45, 2.75) is 0 Å². The van der Waals surface area contributed by atoms with Crippen LogP contribution in [0.25, 0.3) is 6.08 Å². The summed E-state index contributed by atoms with van der Waals surface area (Å²) < 4.78 is 6.40. The first-order valence-electron chi connectivity index (χ1n) is 9.50. The molecule has 0 aromatic heterocycles. The third kappa shape index (κ3) is 7.36. The van der Waals surface area contributed by atoms with Gasteiger partial charge < -0.3 is 15.4 Å². The number of hydrogen-bond acceptors (Lipinski definition) is 4. The van der Waals surface area contributed by atoms with Crippen LogP contribution in [0, 0.1) is 11.3 Å². The first kappa shape index (κ1) is 24.3. The molecule has 0 unspecified atom stereocenters. The third-order valence-electron chi connectivity index (χ3n) is 4.23. The lowest BCUT2D eigenvalue weighted by atomic mass is 10.1. The lowest BCUT2D eigenvalue weighted by Gasteiger charge is -2.08. The van der Waals surface area contributed by atoms with Crippen molar-refractivity contribution in [3.63, 3.8) is 0 Å². The van der Waals surface area contributed by atoms with Crippen molar-refractivity contribution in [3.05, 3.63) is 92.4 Å². The molecule has 0 bridgehead atoms. The van der Waals surface area contributed by atoms with Gasteiger partial charge in [0, 0.05) is 15.2 Å². The van der Waals surface area contributed by atoms with Gasteiger partial charge in [-0.25, -0.2) is 0 Å². The predicted octanol–water partition coefficient (Wildman–Crippen LogP) is 6.32. The summed E-state index contributed by atoms with van der Waals surface area (Å²) in [7, 11) is 0. The summed E-state index contributed by atoms with van der Waals surface area (Å²) in [6.07, 6.45) is 1.43. The number of rotatable bonds is 7. The highest BCUT2D eigenvalue weighted by atomic mass is 79.9. The Balaban J connectivity index is 1.59. The quantitative estimate of drug-likeness (QED) is 0.269. The lowest BCUT2D eigenvalue weighted by Crippen LogP contribution is -2.20. The zero-order valence-electron chi connectivity index (χ0n) is 16.9. The fourth-order valence-corrected chi connectivity index (χ4v) is 3.24. The van der Waals surface area contributed by atoms with Crippen molar-refractivity contribution in [3.8, 4) is 11.8 Å². The van der Waals surface area contributed by atoms with Gasteiger partial charge in [-0.3, -0.25) is 9.59 Å². The molecule has 2 N–H and O–H groups in total. The number of hydrogen-bond donors (Lipinski definition) is 2. The summed E-state index contributed by atoms with van der Waals surface area (Å²) in [5, 5.41) is 15.4. The normalized spacial score (nSPS) is 10.8. The summed E-state index contributed by atoms with van der Waals surface area (Å²) in [5.41, 5.74) is 1.45. The Morgan fingerprint density at radius 2 is 1.70 bits per heavy atom. The SMILES string of the molecule is N#C/C(=C/c1ccc(OCC(=O)Nc2ccc(Br)cc2)cc1)C(=O)Nc1cc(Cl)ccc1Cl. The molecule has 6 nitrogen and oxygen atoms in total. The number of ether oxygens (including phenoxy) is 1. The van der Waals surface area contributed by atoms with Gasteiger partial charge >= 0.3 is 0 Å². The van der Waals surface area contributed by atoms with Crippen LogP contribution in [0.1, 0.15) is 5.56 Å². The Bertz CT molecular complexity index is 1240. The summed E-state index contributed by atoms with van der Waals surface area (Å²) >= 11 is 15.3. The molecule has 0 fully saturated rings. The van der Waals surface area contributed by atoms with Crippen molar-refractivity contribution in [1.29, 1.82) is 5.26 Å².